The fraction of sp³-hybridized carbons (Fsp3) is 0.419. The third-order valence-electron chi connectivity index (χ3n) is 7.71. The molecule has 0 bridgehead atoms. The van der Waals surface area contributed by atoms with Crippen LogP contribution in [0.1, 0.15) is 62.8 Å². The molecule has 0 saturated heterocycles. The van der Waals surface area contributed by atoms with E-state index in [1.807, 2.05) is 12.1 Å². The smallest absolute Gasteiger partial charge is 0.330 e. The van der Waals surface area contributed by atoms with E-state index in [-0.39, 0.29) is 37.3 Å². The first-order chi connectivity index (χ1) is 19.2. The van der Waals surface area contributed by atoms with Crippen molar-refractivity contribution in [1.29, 1.82) is 0 Å². The van der Waals surface area contributed by atoms with Crippen LogP contribution >= 0.6 is 46.4 Å². The van der Waals surface area contributed by atoms with Crippen LogP contribution in [0.15, 0.2) is 37.4 Å². The molecule has 0 aliphatic heterocycles. The molecule has 0 aromatic heterocycles. The van der Waals surface area contributed by atoms with Crippen LogP contribution < -0.4 is 9.47 Å². The molecule has 1 spiro atoms. The molecule has 41 heavy (non-hydrogen) atoms. The van der Waals surface area contributed by atoms with Gasteiger partial charge in [0.05, 0.1) is 20.1 Å². The van der Waals surface area contributed by atoms with E-state index in [2.05, 4.69) is 40.9 Å². The van der Waals surface area contributed by atoms with Crippen LogP contribution in [-0.4, -0.2) is 38.4 Å². The van der Waals surface area contributed by atoms with E-state index >= 15 is 0 Å². The van der Waals surface area contributed by atoms with Gasteiger partial charge in [-0.25, -0.2) is 9.59 Å². The molecule has 0 radical (unpaired) electrons. The zero-order valence-electron chi connectivity index (χ0n) is 23.4. The van der Waals surface area contributed by atoms with Gasteiger partial charge in [0.25, 0.3) is 0 Å². The molecule has 220 valence electrons. The molecule has 0 fully saturated rings. The minimum atomic E-state index is -0.535. The Balaban J connectivity index is 1.75. The summed E-state index contributed by atoms with van der Waals surface area (Å²) in [6, 6.07) is 3.85. The summed E-state index contributed by atoms with van der Waals surface area (Å²) in [6.07, 6.45) is 3.67. The highest BCUT2D eigenvalue weighted by molar-refractivity contribution is 6.39. The number of fused-ring (bicyclic) bond motifs is 4. The predicted octanol–water partition coefficient (Wildman–Crippen LogP) is 8.16. The van der Waals surface area contributed by atoms with Crippen LogP contribution in [-0.2, 0) is 35.3 Å². The molecule has 4 rings (SSSR count). The van der Waals surface area contributed by atoms with E-state index in [4.69, 9.17) is 65.4 Å². The minimum absolute atomic E-state index is 0.0293. The molecule has 0 N–H and O–H groups in total. The first-order valence-electron chi connectivity index (χ1n) is 13.1. The fourth-order valence-electron chi connectivity index (χ4n) is 6.51. The number of hydrogen-bond donors (Lipinski definition) is 0. The van der Waals surface area contributed by atoms with Crippen molar-refractivity contribution >= 4 is 58.3 Å². The van der Waals surface area contributed by atoms with Crippen LogP contribution in [0.2, 0.25) is 20.1 Å². The van der Waals surface area contributed by atoms with E-state index in [0.717, 1.165) is 47.2 Å². The molecule has 10 heteroatoms. The predicted molar refractivity (Wildman–Crippen MR) is 162 cm³/mol. The van der Waals surface area contributed by atoms with Crippen molar-refractivity contribution in [1.82, 2.24) is 0 Å². The average molecular weight is 642 g/mol. The topological polar surface area (TPSA) is 71.1 Å². The Hall–Kier alpha value is -2.38. The van der Waals surface area contributed by atoms with Gasteiger partial charge in [-0.1, -0.05) is 87.3 Å². The van der Waals surface area contributed by atoms with Gasteiger partial charge in [0.15, 0.2) is 11.5 Å². The first kappa shape index (κ1) is 31.6. The zero-order valence-corrected chi connectivity index (χ0v) is 26.5. The Morgan fingerprint density at radius 3 is 1.44 bits per heavy atom. The van der Waals surface area contributed by atoms with Crippen molar-refractivity contribution in [3.63, 3.8) is 0 Å². The van der Waals surface area contributed by atoms with Gasteiger partial charge in [-0.3, -0.25) is 0 Å². The maximum absolute atomic E-state index is 11.4. The fourth-order valence-corrected chi connectivity index (χ4v) is 8.15. The number of halogens is 4. The Morgan fingerprint density at radius 1 is 0.732 bits per heavy atom. The van der Waals surface area contributed by atoms with E-state index < -0.39 is 17.4 Å². The van der Waals surface area contributed by atoms with Gasteiger partial charge < -0.3 is 18.9 Å². The van der Waals surface area contributed by atoms with Crippen LogP contribution in [0.3, 0.4) is 0 Å². The van der Waals surface area contributed by atoms with Gasteiger partial charge in [-0.15, -0.1) is 0 Å². The normalized spacial score (nSPS) is 17.0. The summed E-state index contributed by atoms with van der Waals surface area (Å²) in [5.41, 5.74) is 2.76. The van der Waals surface area contributed by atoms with Crippen LogP contribution in [0.25, 0.3) is 0 Å². The second-order valence-corrected chi connectivity index (χ2v) is 13.1. The standard InChI is InChI=1S/C31H32Cl4O6/c1-7-21(36)38-9-11-40-27-19(32)13-17-23(25(27)34)29(3,4)15-31(17)16-30(5,6)24-18(31)14-20(33)28(26(24)35)41-12-10-39-22(37)8-2/h7-8,13-14H,1-2,9-12,15-16H2,3-6H3. The summed E-state index contributed by atoms with van der Waals surface area (Å²) in [5, 5.41) is 1.58. The number of benzene rings is 2. The molecule has 2 aliphatic carbocycles. The maximum atomic E-state index is 11.4. The van der Waals surface area contributed by atoms with E-state index in [9.17, 15) is 9.59 Å². The largest absolute Gasteiger partial charge is 0.487 e. The van der Waals surface area contributed by atoms with Crippen LogP contribution in [0.4, 0.5) is 0 Å². The third kappa shape index (κ3) is 5.69. The summed E-state index contributed by atoms with van der Waals surface area (Å²) in [4.78, 5) is 22.7. The lowest BCUT2D eigenvalue weighted by Crippen LogP contribution is -2.27. The zero-order chi connectivity index (χ0) is 30.3. The quantitative estimate of drug-likeness (QED) is 0.148. The molecule has 6 nitrogen and oxygen atoms in total. The average Bonchev–Trinajstić information content (AvgIpc) is 3.25. The van der Waals surface area contributed by atoms with Gasteiger partial charge in [0, 0.05) is 17.6 Å². The monoisotopic (exact) mass is 640 g/mol. The number of esters is 2. The Bertz CT molecular complexity index is 1320. The third-order valence-corrected chi connectivity index (χ3v) is 8.99. The molecule has 2 aromatic carbocycles. The van der Waals surface area contributed by atoms with E-state index in [0.29, 0.717) is 31.6 Å². The Kier molecular flexibility index (Phi) is 9.02. The second-order valence-electron chi connectivity index (χ2n) is 11.5. The molecule has 0 atom stereocenters. The van der Waals surface area contributed by atoms with Gasteiger partial charge in [0.2, 0.25) is 0 Å². The summed E-state index contributed by atoms with van der Waals surface area (Å²) in [6.45, 7) is 15.6. The molecular formula is C31H32Cl4O6. The summed E-state index contributed by atoms with van der Waals surface area (Å²) >= 11 is 27.6. The Morgan fingerprint density at radius 2 is 1.10 bits per heavy atom. The van der Waals surface area contributed by atoms with Crippen molar-refractivity contribution in [2.45, 2.75) is 56.8 Å². The highest BCUT2D eigenvalue weighted by atomic mass is 35.5. The minimum Gasteiger partial charge on any atom is -0.487 e. The number of carbonyl (C=O) groups is 2. The van der Waals surface area contributed by atoms with Crippen molar-refractivity contribution in [3.8, 4) is 11.5 Å². The number of hydrogen-bond acceptors (Lipinski definition) is 6. The second kappa shape index (κ2) is 11.7. The lowest BCUT2D eigenvalue weighted by atomic mass is 9.72. The number of carbonyl (C=O) groups excluding carboxylic acids is 2. The van der Waals surface area contributed by atoms with Crippen LogP contribution in [0, 0.1) is 0 Å². The van der Waals surface area contributed by atoms with Crippen molar-refractivity contribution in [3.05, 3.63) is 79.8 Å². The molecule has 2 aliphatic rings. The number of rotatable bonds is 10. The summed E-state index contributed by atoms with van der Waals surface area (Å²) in [7, 11) is 0. The van der Waals surface area contributed by atoms with Gasteiger partial charge in [0.1, 0.15) is 26.4 Å². The van der Waals surface area contributed by atoms with Gasteiger partial charge in [-0.2, -0.15) is 0 Å². The van der Waals surface area contributed by atoms with E-state index in [1.54, 1.807) is 0 Å². The summed E-state index contributed by atoms with van der Waals surface area (Å²) < 4.78 is 21.8. The number of ether oxygens (including phenoxy) is 4. The first-order valence-corrected chi connectivity index (χ1v) is 14.6. The van der Waals surface area contributed by atoms with Gasteiger partial charge >= 0.3 is 11.9 Å². The van der Waals surface area contributed by atoms with E-state index in [1.165, 1.54) is 0 Å². The molecule has 0 saturated carbocycles. The molecule has 0 amide bonds. The highest BCUT2D eigenvalue weighted by Crippen LogP contribution is 2.67. The molecule has 0 heterocycles. The molecule has 0 unspecified atom stereocenters. The van der Waals surface area contributed by atoms with Gasteiger partial charge in [-0.05, 0) is 58.1 Å². The Labute approximate surface area is 260 Å². The highest BCUT2D eigenvalue weighted by Gasteiger charge is 2.58. The van der Waals surface area contributed by atoms with Crippen molar-refractivity contribution in [2.24, 2.45) is 0 Å². The lowest BCUT2D eigenvalue weighted by Gasteiger charge is -2.30. The lowest BCUT2D eigenvalue weighted by molar-refractivity contribution is -0.139. The van der Waals surface area contributed by atoms with Crippen LogP contribution in [0.5, 0.6) is 11.5 Å². The SMILES string of the molecule is C=CC(=O)OCCOc1c(Cl)cc2c(c1Cl)C(C)(C)CC21CC(C)(C)c2c1cc(Cl)c(OCCOC(=O)C=C)c2Cl. The maximum Gasteiger partial charge on any atom is 0.330 e. The van der Waals surface area contributed by atoms with Crippen molar-refractivity contribution in [2.75, 3.05) is 26.4 Å². The van der Waals surface area contributed by atoms with Crippen molar-refractivity contribution < 1.29 is 28.5 Å². The molecule has 2 aromatic rings. The molecular weight excluding hydrogens is 610 g/mol. The summed E-state index contributed by atoms with van der Waals surface area (Å²) in [5.74, 6) is -0.373.